The number of amides is 1. The van der Waals surface area contributed by atoms with Gasteiger partial charge in [0.1, 0.15) is 17.7 Å². The second-order valence-electron chi connectivity index (χ2n) is 4.68. The van der Waals surface area contributed by atoms with Crippen molar-refractivity contribution in [2.24, 2.45) is 0 Å². The predicted molar refractivity (Wildman–Crippen MR) is 70.1 cm³/mol. The van der Waals surface area contributed by atoms with Crippen molar-refractivity contribution in [1.82, 2.24) is 0 Å². The largest absolute Gasteiger partial charge is 0.544 e. The Labute approximate surface area is 121 Å². The molecule has 0 bridgehead atoms. The normalized spacial score (nSPS) is 12.0. The number of anilines is 1. The first-order valence-electron chi connectivity index (χ1n) is 6.73. The van der Waals surface area contributed by atoms with E-state index in [4.69, 9.17) is 0 Å². The number of rotatable bonds is 8. The first kappa shape index (κ1) is 17.0. The van der Waals surface area contributed by atoms with E-state index in [9.17, 15) is 23.5 Å². The van der Waals surface area contributed by atoms with Gasteiger partial charge in [-0.1, -0.05) is 13.3 Å². The van der Waals surface area contributed by atoms with E-state index >= 15 is 0 Å². The summed E-state index contributed by atoms with van der Waals surface area (Å²) in [6, 6.07) is 1.69. The van der Waals surface area contributed by atoms with Gasteiger partial charge < -0.3 is 20.5 Å². The van der Waals surface area contributed by atoms with Crippen LogP contribution in [-0.4, -0.2) is 24.5 Å². The van der Waals surface area contributed by atoms with Crippen LogP contribution in [0.2, 0.25) is 0 Å². The van der Waals surface area contributed by atoms with E-state index in [0.717, 1.165) is 25.0 Å². The van der Waals surface area contributed by atoms with Gasteiger partial charge >= 0.3 is 0 Å². The molecule has 1 rings (SSSR count). The number of carboxylic acids is 1. The Morgan fingerprint density at radius 2 is 2.10 bits per heavy atom. The van der Waals surface area contributed by atoms with Crippen LogP contribution in [0.5, 0.6) is 0 Å². The van der Waals surface area contributed by atoms with E-state index in [1.54, 1.807) is 0 Å². The van der Waals surface area contributed by atoms with Crippen LogP contribution in [0.1, 0.15) is 26.2 Å². The van der Waals surface area contributed by atoms with Crippen molar-refractivity contribution < 1.29 is 28.8 Å². The van der Waals surface area contributed by atoms with Gasteiger partial charge in [-0.3, -0.25) is 4.79 Å². The van der Waals surface area contributed by atoms with Gasteiger partial charge in [-0.15, -0.1) is 0 Å². The molecule has 0 heterocycles. The molecule has 0 aromatic heterocycles. The number of carbonyl (C=O) groups excluding carboxylic acids is 2. The van der Waals surface area contributed by atoms with Gasteiger partial charge in [0.05, 0.1) is 24.6 Å². The molecule has 0 aliphatic carbocycles. The number of carboxylic acid groups (broad SMARTS) is 1. The van der Waals surface area contributed by atoms with Crippen LogP contribution in [0.15, 0.2) is 18.2 Å². The van der Waals surface area contributed by atoms with E-state index in [1.807, 2.05) is 6.92 Å². The van der Waals surface area contributed by atoms with E-state index in [2.05, 4.69) is 5.32 Å². The fourth-order valence-corrected chi connectivity index (χ4v) is 1.78. The Morgan fingerprint density at radius 3 is 2.67 bits per heavy atom. The lowest BCUT2D eigenvalue weighted by Crippen LogP contribution is -2.93. The summed E-state index contributed by atoms with van der Waals surface area (Å²) < 4.78 is 26.1. The summed E-state index contributed by atoms with van der Waals surface area (Å²) in [5.41, 5.74) is -0.188. The Balaban J connectivity index is 2.59. The third-order valence-corrected chi connectivity index (χ3v) is 2.92. The Bertz CT molecular complexity index is 509. The summed E-state index contributed by atoms with van der Waals surface area (Å²) >= 11 is 0. The molecule has 0 saturated carbocycles. The third kappa shape index (κ3) is 5.86. The average molecular weight is 300 g/mol. The molecule has 7 heteroatoms. The summed E-state index contributed by atoms with van der Waals surface area (Å²) in [5.74, 6) is -3.68. The van der Waals surface area contributed by atoms with Crippen molar-refractivity contribution in [3.05, 3.63) is 29.8 Å². The predicted octanol–water partition coefficient (Wildman–Crippen LogP) is -0.225. The minimum absolute atomic E-state index is 0.188. The van der Waals surface area contributed by atoms with Gasteiger partial charge in [0.2, 0.25) is 5.91 Å². The maximum absolute atomic E-state index is 13.4. The molecule has 0 saturated heterocycles. The second kappa shape index (κ2) is 8.31. The Hall–Kier alpha value is -2.02. The highest BCUT2D eigenvalue weighted by atomic mass is 19.1. The van der Waals surface area contributed by atoms with Crippen LogP contribution >= 0.6 is 0 Å². The monoisotopic (exact) mass is 300 g/mol. The highest BCUT2D eigenvalue weighted by molar-refractivity contribution is 5.93. The zero-order valence-electron chi connectivity index (χ0n) is 11.7. The van der Waals surface area contributed by atoms with Crippen LogP contribution in [0.3, 0.4) is 0 Å². The fraction of sp³-hybridized carbons (Fsp3) is 0.429. The van der Waals surface area contributed by atoms with E-state index in [1.165, 1.54) is 5.32 Å². The molecular formula is C14H18F2N2O3. The zero-order chi connectivity index (χ0) is 15.8. The molecule has 0 spiro atoms. The summed E-state index contributed by atoms with van der Waals surface area (Å²) in [6.45, 7) is 2.53. The maximum Gasteiger partial charge on any atom is 0.230 e. The highest BCUT2D eigenvalue weighted by Crippen LogP contribution is 2.15. The lowest BCUT2D eigenvalue weighted by atomic mass is 10.2. The van der Waals surface area contributed by atoms with Crippen LogP contribution in [0.4, 0.5) is 14.5 Å². The van der Waals surface area contributed by atoms with Crippen molar-refractivity contribution in [3.8, 4) is 0 Å². The smallest absolute Gasteiger partial charge is 0.230 e. The average Bonchev–Trinajstić information content (AvgIpc) is 2.41. The van der Waals surface area contributed by atoms with Gasteiger partial charge in [-0.2, -0.15) is 0 Å². The standard InChI is InChI=1S/C14H18F2N2O3/c1-2-3-6-17-12(14(20)21)8-13(19)18-11-5-4-9(15)7-10(11)16/h4-5,7,12,17H,2-3,6,8H2,1H3,(H,18,19)(H,20,21)/t12-/m1/s1. The molecule has 0 fully saturated rings. The molecule has 116 valence electrons. The molecule has 1 aromatic carbocycles. The molecule has 1 aromatic rings. The van der Waals surface area contributed by atoms with Gasteiger partial charge in [0.15, 0.2) is 0 Å². The first-order valence-corrected chi connectivity index (χ1v) is 6.73. The third-order valence-electron chi connectivity index (χ3n) is 2.92. The number of nitrogens with two attached hydrogens (primary N) is 1. The summed E-state index contributed by atoms with van der Waals surface area (Å²) in [7, 11) is 0. The fourth-order valence-electron chi connectivity index (χ4n) is 1.78. The summed E-state index contributed by atoms with van der Waals surface area (Å²) in [5, 5.41) is 14.7. The summed E-state index contributed by atoms with van der Waals surface area (Å²) in [6.07, 6.45) is 1.38. The zero-order valence-corrected chi connectivity index (χ0v) is 11.7. The lowest BCUT2D eigenvalue weighted by Gasteiger charge is -2.16. The molecule has 0 unspecified atom stereocenters. The number of nitrogens with one attached hydrogen (secondary N) is 1. The molecule has 0 aliphatic rings. The van der Waals surface area contributed by atoms with Crippen LogP contribution in [0.25, 0.3) is 0 Å². The van der Waals surface area contributed by atoms with Crippen LogP contribution in [0, 0.1) is 11.6 Å². The van der Waals surface area contributed by atoms with E-state index < -0.39 is 29.6 Å². The number of hydrogen-bond acceptors (Lipinski definition) is 3. The SMILES string of the molecule is CCCC[NH2+][C@H](CC(=O)Nc1ccc(F)cc1F)C(=O)[O-]. The minimum Gasteiger partial charge on any atom is -0.544 e. The lowest BCUT2D eigenvalue weighted by molar-refractivity contribution is -0.682. The Kier molecular flexibility index (Phi) is 6.74. The number of carbonyl (C=O) groups is 2. The molecular weight excluding hydrogens is 282 g/mol. The minimum atomic E-state index is -1.35. The van der Waals surface area contributed by atoms with Gasteiger partial charge in [0, 0.05) is 6.07 Å². The molecule has 5 nitrogen and oxygen atoms in total. The van der Waals surface area contributed by atoms with Crippen LogP contribution in [-0.2, 0) is 9.59 Å². The van der Waals surface area contributed by atoms with E-state index in [0.29, 0.717) is 12.6 Å². The quantitative estimate of drug-likeness (QED) is 0.651. The number of aliphatic carboxylic acids is 1. The second-order valence-corrected chi connectivity index (χ2v) is 4.68. The molecule has 21 heavy (non-hydrogen) atoms. The van der Waals surface area contributed by atoms with Crippen molar-refractivity contribution >= 4 is 17.6 Å². The highest BCUT2D eigenvalue weighted by Gasteiger charge is 2.18. The number of hydrogen-bond donors (Lipinski definition) is 2. The van der Waals surface area contributed by atoms with Gasteiger partial charge in [-0.25, -0.2) is 8.78 Å². The Morgan fingerprint density at radius 1 is 1.38 bits per heavy atom. The first-order chi connectivity index (χ1) is 9.93. The van der Waals surface area contributed by atoms with Crippen molar-refractivity contribution in [2.75, 3.05) is 11.9 Å². The van der Waals surface area contributed by atoms with Crippen molar-refractivity contribution in [1.29, 1.82) is 0 Å². The van der Waals surface area contributed by atoms with Gasteiger partial charge in [0.25, 0.3) is 0 Å². The molecule has 1 amide bonds. The topological polar surface area (TPSA) is 85.8 Å². The number of benzene rings is 1. The molecule has 1 atom stereocenters. The molecule has 3 N–H and O–H groups in total. The number of halogens is 2. The molecule has 0 aliphatic heterocycles. The van der Waals surface area contributed by atoms with Crippen LogP contribution < -0.4 is 15.7 Å². The van der Waals surface area contributed by atoms with Crippen molar-refractivity contribution in [2.45, 2.75) is 32.2 Å². The summed E-state index contributed by atoms with van der Waals surface area (Å²) in [4.78, 5) is 22.7. The number of quaternary nitrogens is 1. The number of unbranched alkanes of at least 4 members (excludes halogenated alkanes) is 1. The van der Waals surface area contributed by atoms with Gasteiger partial charge in [-0.05, 0) is 18.6 Å². The maximum atomic E-state index is 13.4. The van der Waals surface area contributed by atoms with E-state index in [-0.39, 0.29) is 12.1 Å². The molecule has 0 radical (unpaired) electrons. The van der Waals surface area contributed by atoms with Crippen molar-refractivity contribution in [3.63, 3.8) is 0 Å².